The molecule has 120 valence electrons. The number of rotatable bonds is 5. The zero-order chi connectivity index (χ0) is 16.4. The molecule has 0 radical (unpaired) electrons. The molecule has 0 bridgehead atoms. The van der Waals surface area contributed by atoms with Crippen LogP contribution in [0, 0.1) is 0 Å². The van der Waals surface area contributed by atoms with Crippen molar-refractivity contribution in [2.75, 3.05) is 13.3 Å². The van der Waals surface area contributed by atoms with Crippen LogP contribution in [-0.2, 0) is 9.53 Å². The standard InChI is InChI=1S/C12H16F3NO4S/c1-6(21)8(14)3-16(7(2)18)11-9(15)10(19)12(4-13,5-17)20-11/h3,9-11,17,19H,4-5H2,1-2H3/b8-3+/t9-,10?,11+,12+/m0/s1. The normalized spacial score (nSPS) is 33.1. The Balaban J connectivity index is 3.14. The van der Waals surface area contributed by atoms with E-state index in [2.05, 4.69) is 12.2 Å². The molecule has 4 atom stereocenters. The summed E-state index contributed by atoms with van der Waals surface area (Å²) in [6, 6.07) is 0. The molecular formula is C12H16F3NO4S. The number of aliphatic hydroxyl groups excluding tert-OH is 2. The number of ether oxygens (including phenoxy) is 1. The van der Waals surface area contributed by atoms with Gasteiger partial charge in [-0.2, -0.15) is 0 Å². The highest BCUT2D eigenvalue weighted by molar-refractivity contribution is 7.80. The summed E-state index contributed by atoms with van der Waals surface area (Å²) >= 11 is 4.58. The average molecular weight is 327 g/mol. The lowest BCUT2D eigenvalue weighted by Crippen LogP contribution is -2.47. The molecule has 21 heavy (non-hydrogen) atoms. The Morgan fingerprint density at radius 3 is 2.43 bits per heavy atom. The first kappa shape index (κ1) is 18.0. The van der Waals surface area contributed by atoms with E-state index in [9.17, 15) is 23.1 Å². The molecule has 9 heteroatoms. The molecule has 5 nitrogen and oxygen atoms in total. The summed E-state index contributed by atoms with van der Waals surface area (Å²) in [6.07, 6.45) is -5.35. The van der Waals surface area contributed by atoms with Crippen molar-refractivity contribution in [3.05, 3.63) is 12.0 Å². The zero-order valence-corrected chi connectivity index (χ0v) is 12.2. The maximum absolute atomic E-state index is 14.1. The Morgan fingerprint density at radius 2 is 2.10 bits per heavy atom. The number of alkyl halides is 2. The number of allylic oxidation sites excluding steroid dienone is 1. The molecular weight excluding hydrogens is 311 g/mol. The van der Waals surface area contributed by atoms with E-state index in [1.165, 1.54) is 6.92 Å². The predicted molar refractivity (Wildman–Crippen MR) is 71.6 cm³/mol. The molecule has 0 aromatic rings. The van der Waals surface area contributed by atoms with Crippen molar-refractivity contribution in [1.82, 2.24) is 4.90 Å². The minimum Gasteiger partial charge on any atom is -0.393 e. The van der Waals surface area contributed by atoms with Gasteiger partial charge < -0.3 is 14.9 Å². The molecule has 0 aromatic carbocycles. The van der Waals surface area contributed by atoms with Crippen molar-refractivity contribution in [3.63, 3.8) is 0 Å². The van der Waals surface area contributed by atoms with Gasteiger partial charge in [0.2, 0.25) is 5.91 Å². The second-order valence-electron chi connectivity index (χ2n) is 4.71. The number of aliphatic hydroxyl groups is 2. The number of carbonyl (C=O) groups excluding carboxylic acids is 1. The molecule has 1 amide bonds. The molecule has 1 unspecified atom stereocenters. The summed E-state index contributed by atoms with van der Waals surface area (Å²) in [5.74, 6) is -1.76. The van der Waals surface area contributed by atoms with Crippen molar-refractivity contribution in [3.8, 4) is 0 Å². The summed E-state index contributed by atoms with van der Waals surface area (Å²) in [4.78, 5) is 11.9. The highest BCUT2D eigenvalue weighted by Gasteiger charge is 2.57. The van der Waals surface area contributed by atoms with E-state index in [1.807, 2.05) is 0 Å². The van der Waals surface area contributed by atoms with Gasteiger partial charge in [-0.25, -0.2) is 13.2 Å². The van der Waals surface area contributed by atoms with E-state index in [-0.39, 0.29) is 4.86 Å². The SMILES string of the molecule is CC(=O)N(/C=C(/F)C(C)=S)[C@@H]1O[C@@](CO)(CF)C(O)[C@@H]1F. The van der Waals surface area contributed by atoms with Crippen LogP contribution in [0.5, 0.6) is 0 Å². The molecule has 0 saturated carbocycles. The van der Waals surface area contributed by atoms with Crippen molar-refractivity contribution < 1.29 is 32.9 Å². The maximum atomic E-state index is 14.1. The molecule has 1 heterocycles. The Hall–Kier alpha value is -1.03. The van der Waals surface area contributed by atoms with Crippen LogP contribution in [0.25, 0.3) is 0 Å². The van der Waals surface area contributed by atoms with E-state index >= 15 is 0 Å². The highest BCUT2D eigenvalue weighted by Crippen LogP contribution is 2.35. The van der Waals surface area contributed by atoms with Gasteiger partial charge in [0.1, 0.15) is 12.8 Å². The van der Waals surface area contributed by atoms with Crippen LogP contribution >= 0.6 is 12.2 Å². The van der Waals surface area contributed by atoms with Crippen molar-refractivity contribution in [1.29, 1.82) is 0 Å². The third kappa shape index (κ3) is 3.42. The van der Waals surface area contributed by atoms with Gasteiger partial charge in [-0.15, -0.1) is 0 Å². The molecule has 1 fully saturated rings. The maximum Gasteiger partial charge on any atom is 0.225 e. The lowest BCUT2D eigenvalue weighted by Gasteiger charge is -2.28. The van der Waals surface area contributed by atoms with E-state index < -0.39 is 49.1 Å². The summed E-state index contributed by atoms with van der Waals surface area (Å²) in [5.41, 5.74) is -2.19. The van der Waals surface area contributed by atoms with Crippen LogP contribution in [-0.4, -0.2) is 63.3 Å². The molecule has 1 aliphatic rings. The van der Waals surface area contributed by atoms with Gasteiger partial charge >= 0.3 is 0 Å². The second-order valence-corrected chi connectivity index (χ2v) is 5.33. The number of amides is 1. The molecule has 1 rings (SSSR count). The van der Waals surface area contributed by atoms with Gasteiger partial charge in [0.05, 0.1) is 6.61 Å². The highest BCUT2D eigenvalue weighted by atomic mass is 32.1. The van der Waals surface area contributed by atoms with Crippen LogP contribution in [0.3, 0.4) is 0 Å². The number of halogens is 3. The van der Waals surface area contributed by atoms with Crippen molar-refractivity contribution >= 4 is 23.0 Å². The smallest absolute Gasteiger partial charge is 0.225 e. The van der Waals surface area contributed by atoms with Gasteiger partial charge in [-0.1, -0.05) is 12.2 Å². The van der Waals surface area contributed by atoms with Gasteiger partial charge in [-0.05, 0) is 6.92 Å². The first-order chi connectivity index (χ1) is 9.70. The summed E-state index contributed by atoms with van der Waals surface area (Å²) in [7, 11) is 0. The van der Waals surface area contributed by atoms with Gasteiger partial charge in [0.15, 0.2) is 23.8 Å². The average Bonchev–Trinajstić information content (AvgIpc) is 2.69. The Labute approximate surface area is 125 Å². The van der Waals surface area contributed by atoms with Crippen molar-refractivity contribution in [2.24, 2.45) is 0 Å². The van der Waals surface area contributed by atoms with Crippen LogP contribution in [0.15, 0.2) is 12.0 Å². The van der Waals surface area contributed by atoms with Gasteiger partial charge in [0.25, 0.3) is 0 Å². The van der Waals surface area contributed by atoms with Gasteiger partial charge in [-0.3, -0.25) is 9.69 Å². The van der Waals surface area contributed by atoms with E-state index in [1.54, 1.807) is 0 Å². The molecule has 0 spiro atoms. The van der Waals surface area contributed by atoms with Crippen molar-refractivity contribution in [2.45, 2.75) is 38.0 Å². The number of nitrogens with zero attached hydrogens (tertiary/aromatic N) is 1. The van der Waals surface area contributed by atoms with Crippen LogP contribution < -0.4 is 0 Å². The second kappa shape index (κ2) is 6.82. The lowest BCUT2D eigenvalue weighted by molar-refractivity contribution is -0.161. The number of hydrogen-bond acceptors (Lipinski definition) is 5. The quantitative estimate of drug-likeness (QED) is 0.577. The molecule has 2 N–H and O–H groups in total. The topological polar surface area (TPSA) is 70.0 Å². The fourth-order valence-corrected chi connectivity index (χ4v) is 1.92. The largest absolute Gasteiger partial charge is 0.393 e. The van der Waals surface area contributed by atoms with E-state index in [0.717, 1.165) is 6.92 Å². The number of hydrogen-bond donors (Lipinski definition) is 2. The molecule has 1 saturated heterocycles. The minimum absolute atomic E-state index is 0.172. The first-order valence-electron chi connectivity index (χ1n) is 6.04. The minimum atomic E-state index is -2.22. The molecule has 1 aliphatic heterocycles. The third-order valence-corrected chi connectivity index (χ3v) is 3.38. The van der Waals surface area contributed by atoms with Crippen LogP contribution in [0.4, 0.5) is 13.2 Å². The van der Waals surface area contributed by atoms with Crippen LogP contribution in [0.2, 0.25) is 0 Å². The van der Waals surface area contributed by atoms with Gasteiger partial charge in [0, 0.05) is 18.0 Å². The predicted octanol–water partition coefficient (Wildman–Crippen LogP) is 0.792. The third-order valence-electron chi connectivity index (χ3n) is 3.19. The summed E-state index contributed by atoms with van der Waals surface area (Å²) < 4.78 is 45.6. The fourth-order valence-electron chi connectivity index (χ4n) is 1.87. The Bertz CT molecular complexity index is 456. The number of carbonyl (C=O) groups is 1. The first-order valence-corrected chi connectivity index (χ1v) is 6.45. The monoisotopic (exact) mass is 327 g/mol. The van der Waals surface area contributed by atoms with Crippen LogP contribution in [0.1, 0.15) is 13.8 Å². The molecule has 0 aliphatic carbocycles. The zero-order valence-electron chi connectivity index (χ0n) is 11.4. The molecule has 0 aromatic heterocycles. The fraction of sp³-hybridized carbons (Fsp3) is 0.667. The van der Waals surface area contributed by atoms with E-state index in [4.69, 9.17) is 9.84 Å². The van der Waals surface area contributed by atoms with E-state index in [0.29, 0.717) is 11.1 Å². The summed E-state index contributed by atoms with van der Waals surface area (Å²) in [6.45, 7) is -0.0902. The lowest BCUT2D eigenvalue weighted by atomic mass is 9.98. The Morgan fingerprint density at radius 1 is 1.52 bits per heavy atom. The number of thiocarbonyl (C=S) groups is 1. The summed E-state index contributed by atoms with van der Waals surface area (Å²) in [5, 5.41) is 18.8. The Kier molecular flexibility index (Phi) is 5.85.